The van der Waals surface area contributed by atoms with Crippen LogP contribution < -0.4 is 5.73 Å². The molecule has 2 aromatic rings. The van der Waals surface area contributed by atoms with Crippen molar-refractivity contribution >= 4 is 30.4 Å². The maximum Gasteiger partial charge on any atom is 0.491 e. The highest BCUT2D eigenvalue weighted by Gasteiger charge is 2.52. The van der Waals surface area contributed by atoms with Gasteiger partial charge in [0.1, 0.15) is 5.15 Å². The van der Waals surface area contributed by atoms with E-state index >= 15 is 0 Å². The maximum atomic E-state index is 6.06. The van der Waals surface area contributed by atoms with Crippen molar-refractivity contribution in [3.05, 3.63) is 34.6 Å². The second-order valence-corrected chi connectivity index (χ2v) is 7.02. The van der Waals surface area contributed by atoms with E-state index in [1.54, 1.807) is 23.0 Å². The predicted molar refractivity (Wildman–Crippen MR) is 91.1 cm³/mol. The Morgan fingerprint density at radius 3 is 2.61 bits per heavy atom. The number of halogens is 1. The van der Waals surface area contributed by atoms with Crippen molar-refractivity contribution in [2.24, 2.45) is 5.73 Å². The van der Waals surface area contributed by atoms with E-state index in [9.17, 15) is 0 Å². The van der Waals surface area contributed by atoms with Gasteiger partial charge in [-0.3, -0.25) is 0 Å². The van der Waals surface area contributed by atoms with Crippen LogP contribution in [0.2, 0.25) is 5.15 Å². The first-order valence-electron chi connectivity index (χ1n) is 7.49. The summed E-state index contributed by atoms with van der Waals surface area (Å²) in [5, 5.41) is 4.67. The van der Waals surface area contributed by atoms with Crippen LogP contribution in [0.5, 0.6) is 0 Å². The number of nitrogens with zero attached hydrogens (tertiary/aromatic N) is 3. The number of hydrogen-bond donors (Lipinski definition) is 1. The average molecular weight is 335 g/mol. The lowest BCUT2D eigenvalue weighted by atomic mass is 9.77. The Bertz CT molecular complexity index is 756. The van der Waals surface area contributed by atoms with Gasteiger partial charge in [0, 0.05) is 18.3 Å². The molecule has 0 saturated carbocycles. The molecule has 1 fully saturated rings. The Balaban J connectivity index is 1.97. The zero-order valence-electron chi connectivity index (χ0n) is 13.7. The summed E-state index contributed by atoms with van der Waals surface area (Å²) >= 11 is 5.97. The lowest BCUT2D eigenvalue weighted by Gasteiger charge is -2.32. The van der Waals surface area contributed by atoms with Crippen molar-refractivity contribution in [3.63, 3.8) is 0 Å². The minimum absolute atomic E-state index is 0.314. The highest BCUT2D eigenvalue weighted by atomic mass is 35.5. The highest BCUT2D eigenvalue weighted by Crippen LogP contribution is 2.38. The molecule has 0 aliphatic carbocycles. The molecule has 0 amide bonds. The summed E-state index contributed by atoms with van der Waals surface area (Å²) in [6, 6.07) is 1.69. The minimum Gasteiger partial charge on any atom is -0.400 e. The van der Waals surface area contributed by atoms with Gasteiger partial charge in [0.05, 0.1) is 17.4 Å². The van der Waals surface area contributed by atoms with E-state index < -0.39 is 18.3 Å². The van der Waals surface area contributed by atoms with Gasteiger partial charge in [0.15, 0.2) is 5.65 Å². The molecule has 6 nitrogen and oxygen atoms in total. The molecule has 0 radical (unpaired) electrons. The van der Waals surface area contributed by atoms with Gasteiger partial charge in [-0.05, 0) is 39.2 Å². The van der Waals surface area contributed by atoms with Crippen molar-refractivity contribution in [1.29, 1.82) is 0 Å². The fourth-order valence-corrected chi connectivity index (χ4v) is 2.52. The highest BCUT2D eigenvalue weighted by molar-refractivity contribution is 6.56. The molecule has 0 spiro atoms. The zero-order chi connectivity index (χ0) is 16.8. The number of hydrogen-bond acceptors (Lipinski definition) is 5. The molecule has 0 unspecified atom stereocenters. The third kappa shape index (κ3) is 2.90. The van der Waals surface area contributed by atoms with E-state index in [2.05, 4.69) is 10.1 Å². The Kier molecular flexibility index (Phi) is 4.00. The van der Waals surface area contributed by atoms with E-state index in [4.69, 9.17) is 26.6 Å². The fourth-order valence-electron chi connectivity index (χ4n) is 2.38. The van der Waals surface area contributed by atoms with Gasteiger partial charge < -0.3 is 15.0 Å². The monoisotopic (exact) mass is 334 g/mol. The van der Waals surface area contributed by atoms with Crippen LogP contribution in [0.4, 0.5) is 0 Å². The number of aromatic nitrogens is 3. The number of fused-ring (bicyclic) bond motifs is 1. The average Bonchev–Trinajstić information content (AvgIpc) is 2.94. The van der Waals surface area contributed by atoms with Crippen LogP contribution in [-0.4, -0.2) is 39.5 Å². The number of rotatable bonds is 3. The SMILES string of the molecule is CC1(C)OB(C(=Cc2cnn3ccc(Cl)nc23)CN)OC1(C)C. The van der Waals surface area contributed by atoms with Gasteiger partial charge in [0.2, 0.25) is 0 Å². The van der Waals surface area contributed by atoms with Crippen molar-refractivity contribution < 1.29 is 9.31 Å². The van der Waals surface area contributed by atoms with Crippen molar-refractivity contribution in [1.82, 2.24) is 14.6 Å². The van der Waals surface area contributed by atoms with Gasteiger partial charge in [-0.2, -0.15) is 5.10 Å². The summed E-state index contributed by atoms with van der Waals surface area (Å²) in [5.74, 6) is 0. The molecule has 0 atom stereocenters. The van der Waals surface area contributed by atoms with Crippen LogP contribution in [-0.2, 0) is 9.31 Å². The molecular weight excluding hydrogens is 314 g/mol. The normalized spacial score (nSPS) is 20.4. The lowest BCUT2D eigenvalue weighted by Crippen LogP contribution is -2.41. The first-order chi connectivity index (χ1) is 10.7. The quantitative estimate of drug-likeness (QED) is 0.689. The molecule has 1 saturated heterocycles. The third-order valence-corrected chi connectivity index (χ3v) is 4.71. The first kappa shape index (κ1) is 16.5. The molecule has 0 bridgehead atoms. The first-order valence-corrected chi connectivity index (χ1v) is 7.87. The van der Waals surface area contributed by atoms with Crippen molar-refractivity contribution in [3.8, 4) is 0 Å². The van der Waals surface area contributed by atoms with E-state index in [1.165, 1.54) is 0 Å². The van der Waals surface area contributed by atoms with Gasteiger partial charge in [-0.1, -0.05) is 17.7 Å². The molecule has 8 heteroatoms. The second-order valence-electron chi connectivity index (χ2n) is 6.63. The topological polar surface area (TPSA) is 74.7 Å². The molecule has 2 aromatic heterocycles. The summed E-state index contributed by atoms with van der Waals surface area (Å²) in [6.45, 7) is 8.36. The smallest absolute Gasteiger partial charge is 0.400 e. The van der Waals surface area contributed by atoms with E-state index in [0.29, 0.717) is 17.3 Å². The summed E-state index contributed by atoms with van der Waals surface area (Å²) in [5.41, 5.74) is 7.42. The molecule has 122 valence electrons. The van der Waals surface area contributed by atoms with Crippen molar-refractivity contribution in [2.75, 3.05) is 6.54 Å². The Morgan fingerprint density at radius 1 is 1.35 bits per heavy atom. The minimum atomic E-state index is -0.487. The van der Waals surface area contributed by atoms with E-state index in [0.717, 1.165) is 11.0 Å². The van der Waals surface area contributed by atoms with E-state index in [1.807, 2.05) is 33.8 Å². The van der Waals surface area contributed by atoms with Gasteiger partial charge in [0.25, 0.3) is 0 Å². The van der Waals surface area contributed by atoms with Crippen molar-refractivity contribution in [2.45, 2.75) is 38.9 Å². The molecule has 0 aromatic carbocycles. The van der Waals surface area contributed by atoms with Crippen LogP contribution in [0.3, 0.4) is 0 Å². The van der Waals surface area contributed by atoms with Crippen LogP contribution in [0.15, 0.2) is 23.9 Å². The molecule has 1 aliphatic heterocycles. The van der Waals surface area contributed by atoms with Crippen LogP contribution in [0, 0.1) is 0 Å². The standard InChI is InChI=1S/C15H20BClN4O2/c1-14(2)15(3,4)23-16(22-14)11(8-18)7-10-9-19-21-6-5-12(17)20-13(10)21/h5-7,9H,8,18H2,1-4H3. The molecule has 2 N–H and O–H groups in total. The summed E-state index contributed by atoms with van der Waals surface area (Å²) < 4.78 is 13.8. The summed E-state index contributed by atoms with van der Waals surface area (Å²) in [7, 11) is -0.487. The zero-order valence-corrected chi connectivity index (χ0v) is 14.5. The van der Waals surface area contributed by atoms with Gasteiger partial charge in [-0.25, -0.2) is 9.50 Å². The summed E-state index contributed by atoms with van der Waals surface area (Å²) in [4.78, 5) is 4.31. The molecule has 3 heterocycles. The second kappa shape index (κ2) is 5.59. The van der Waals surface area contributed by atoms with Gasteiger partial charge >= 0.3 is 7.12 Å². The maximum absolute atomic E-state index is 6.06. The Morgan fingerprint density at radius 2 is 2.00 bits per heavy atom. The Labute approximate surface area is 140 Å². The third-order valence-electron chi connectivity index (χ3n) is 4.49. The summed E-state index contributed by atoms with van der Waals surface area (Å²) in [6.07, 6.45) is 5.40. The molecule has 1 aliphatic rings. The van der Waals surface area contributed by atoms with Crippen LogP contribution in [0.1, 0.15) is 33.3 Å². The van der Waals surface area contributed by atoms with Crippen LogP contribution in [0.25, 0.3) is 11.7 Å². The largest absolute Gasteiger partial charge is 0.491 e. The lowest BCUT2D eigenvalue weighted by molar-refractivity contribution is 0.00578. The fraction of sp³-hybridized carbons (Fsp3) is 0.467. The number of nitrogens with two attached hydrogens (primary N) is 1. The Hall–Kier alpha value is -1.41. The predicted octanol–water partition coefficient (Wildman–Crippen LogP) is 2.36. The van der Waals surface area contributed by atoms with E-state index in [-0.39, 0.29) is 0 Å². The molecular formula is C15H20BClN4O2. The molecule has 3 rings (SSSR count). The van der Waals surface area contributed by atoms with Crippen LogP contribution >= 0.6 is 11.6 Å². The molecule has 23 heavy (non-hydrogen) atoms. The van der Waals surface area contributed by atoms with Gasteiger partial charge in [-0.15, -0.1) is 0 Å².